The molecule has 0 saturated heterocycles. The summed E-state index contributed by atoms with van der Waals surface area (Å²) in [6, 6.07) is 3.94. The number of aryl methyl sites for hydroxylation is 1. The number of hydrogen-bond donors (Lipinski definition) is 1. The van der Waals surface area contributed by atoms with Crippen LogP contribution in [0.1, 0.15) is 45.1 Å². The van der Waals surface area contributed by atoms with Crippen molar-refractivity contribution in [1.82, 2.24) is 0 Å². The molecule has 2 N–H and O–H groups in total. The van der Waals surface area contributed by atoms with Crippen molar-refractivity contribution in [3.8, 4) is 5.75 Å². The van der Waals surface area contributed by atoms with Crippen molar-refractivity contribution in [1.29, 1.82) is 0 Å². The Kier molecular flexibility index (Phi) is 7.59. The maximum Gasteiger partial charge on any atom is 0.141 e. The van der Waals surface area contributed by atoms with E-state index in [4.69, 9.17) is 33.7 Å². The van der Waals surface area contributed by atoms with E-state index >= 15 is 0 Å². The van der Waals surface area contributed by atoms with Crippen LogP contribution in [0, 0.1) is 0 Å². The summed E-state index contributed by atoms with van der Waals surface area (Å²) in [4.78, 5) is 0. The van der Waals surface area contributed by atoms with E-state index in [1.165, 1.54) is 0 Å². The molecular formula is C15H23Cl2NO. The summed E-state index contributed by atoms with van der Waals surface area (Å²) in [7, 11) is 0. The second-order valence-corrected chi connectivity index (χ2v) is 5.63. The Labute approximate surface area is 126 Å². The molecule has 0 amide bonds. The van der Waals surface area contributed by atoms with Crippen LogP contribution in [0.4, 0.5) is 0 Å². The van der Waals surface area contributed by atoms with Crippen LogP contribution < -0.4 is 10.5 Å². The molecule has 1 atom stereocenters. The highest BCUT2D eigenvalue weighted by atomic mass is 35.5. The van der Waals surface area contributed by atoms with Gasteiger partial charge in [0.1, 0.15) is 5.75 Å². The van der Waals surface area contributed by atoms with E-state index in [1.807, 2.05) is 6.07 Å². The Morgan fingerprint density at radius 1 is 1.26 bits per heavy atom. The smallest absolute Gasteiger partial charge is 0.141 e. The molecule has 2 nitrogen and oxygen atoms in total. The normalized spacial score (nSPS) is 12.5. The van der Waals surface area contributed by atoms with Gasteiger partial charge < -0.3 is 10.5 Å². The lowest BCUT2D eigenvalue weighted by Gasteiger charge is -2.14. The van der Waals surface area contributed by atoms with Gasteiger partial charge in [0.2, 0.25) is 0 Å². The topological polar surface area (TPSA) is 35.2 Å². The zero-order chi connectivity index (χ0) is 14.3. The molecular weight excluding hydrogens is 281 g/mol. The van der Waals surface area contributed by atoms with Gasteiger partial charge in [0, 0.05) is 11.1 Å². The van der Waals surface area contributed by atoms with Crippen molar-refractivity contribution in [3.63, 3.8) is 0 Å². The van der Waals surface area contributed by atoms with Crippen LogP contribution in [0.25, 0.3) is 0 Å². The molecule has 1 rings (SSSR count). The third-order valence-corrected chi connectivity index (χ3v) is 3.58. The van der Waals surface area contributed by atoms with Crippen molar-refractivity contribution in [2.24, 2.45) is 5.73 Å². The van der Waals surface area contributed by atoms with Gasteiger partial charge in [-0.15, -0.1) is 0 Å². The van der Waals surface area contributed by atoms with E-state index in [0.29, 0.717) is 16.7 Å². The summed E-state index contributed by atoms with van der Waals surface area (Å²) in [5, 5.41) is 1.25. The quantitative estimate of drug-likeness (QED) is 0.745. The van der Waals surface area contributed by atoms with Gasteiger partial charge in [-0.05, 0) is 49.8 Å². The second-order valence-electron chi connectivity index (χ2n) is 4.78. The number of halogens is 2. The van der Waals surface area contributed by atoms with Gasteiger partial charge in [-0.25, -0.2) is 0 Å². The van der Waals surface area contributed by atoms with E-state index in [9.17, 15) is 0 Å². The standard InChI is InChI=1S/C15H23Cl2NO/c1-3-8-19-15-11(6-5-7-13(18)4-2)9-12(16)10-14(15)17/h9-10,13H,3-8,18H2,1-2H3. The molecule has 0 aliphatic heterocycles. The van der Waals surface area contributed by atoms with Crippen molar-refractivity contribution in [2.45, 2.75) is 52.0 Å². The van der Waals surface area contributed by atoms with Gasteiger partial charge in [0.25, 0.3) is 0 Å². The maximum absolute atomic E-state index is 6.21. The highest BCUT2D eigenvalue weighted by Gasteiger charge is 2.11. The van der Waals surface area contributed by atoms with Crippen LogP contribution >= 0.6 is 23.2 Å². The van der Waals surface area contributed by atoms with Crippen LogP contribution in [0.5, 0.6) is 5.75 Å². The number of nitrogens with two attached hydrogens (primary N) is 1. The minimum absolute atomic E-state index is 0.273. The molecule has 0 heterocycles. The molecule has 0 fully saturated rings. The number of ether oxygens (including phenoxy) is 1. The molecule has 0 spiro atoms. The molecule has 1 aromatic rings. The minimum Gasteiger partial charge on any atom is -0.492 e. The van der Waals surface area contributed by atoms with E-state index in [0.717, 1.165) is 43.4 Å². The zero-order valence-corrected chi connectivity index (χ0v) is 13.2. The number of benzene rings is 1. The van der Waals surface area contributed by atoms with Gasteiger partial charge in [-0.1, -0.05) is 37.0 Å². The maximum atomic E-state index is 6.21. The Morgan fingerprint density at radius 3 is 2.63 bits per heavy atom. The summed E-state index contributed by atoms with van der Waals surface area (Å²) in [5.74, 6) is 0.776. The van der Waals surface area contributed by atoms with Crippen LogP contribution in [-0.4, -0.2) is 12.6 Å². The number of hydrogen-bond acceptors (Lipinski definition) is 2. The third-order valence-electron chi connectivity index (χ3n) is 3.08. The third kappa shape index (κ3) is 5.60. The monoisotopic (exact) mass is 303 g/mol. The Bertz CT molecular complexity index is 396. The lowest BCUT2D eigenvalue weighted by Crippen LogP contribution is -2.18. The van der Waals surface area contributed by atoms with E-state index < -0.39 is 0 Å². The SMILES string of the molecule is CCCOc1c(Cl)cc(Cl)cc1CCCC(N)CC. The van der Waals surface area contributed by atoms with Gasteiger partial charge >= 0.3 is 0 Å². The van der Waals surface area contributed by atoms with Crippen LogP contribution in [0.2, 0.25) is 10.0 Å². The molecule has 0 saturated carbocycles. The molecule has 0 radical (unpaired) electrons. The lowest BCUT2D eigenvalue weighted by atomic mass is 10.0. The molecule has 0 bridgehead atoms. The average Bonchev–Trinajstić information content (AvgIpc) is 2.37. The van der Waals surface area contributed by atoms with Gasteiger partial charge in [0.15, 0.2) is 0 Å². The summed E-state index contributed by atoms with van der Waals surface area (Å²) >= 11 is 12.3. The van der Waals surface area contributed by atoms with E-state index in [-0.39, 0.29) is 6.04 Å². The first-order valence-electron chi connectivity index (χ1n) is 6.94. The van der Waals surface area contributed by atoms with E-state index in [1.54, 1.807) is 6.07 Å². The van der Waals surface area contributed by atoms with Crippen LogP contribution in [0.3, 0.4) is 0 Å². The largest absolute Gasteiger partial charge is 0.492 e. The van der Waals surface area contributed by atoms with Gasteiger partial charge in [-0.3, -0.25) is 0 Å². The predicted octanol–water partition coefficient (Wildman–Crippen LogP) is 4.84. The second kappa shape index (κ2) is 8.68. The molecule has 108 valence electrons. The highest BCUT2D eigenvalue weighted by Crippen LogP contribution is 2.33. The Hall–Kier alpha value is -0.440. The fourth-order valence-electron chi connectivity index (χ4n) is 1.92. The van der Waals surface area contributed by atoms with Crippen LogP contribution in [0.15, 0.2) is 12.1 Å². The Balaban J connectivity index is 2.73. The van der Waals surface area contributed by atoms with Crippen LogP contribution in [-0.2, 0) is 6.42 Å². The summed E-state index contributed by atoms with van der Waals surface area (Å²) in [6.07, 6.45) is 4.89. The van der Waals surface area contributed by atoms with Crippen molar-refractivity contribution in [3.05, 3.63) is 27.7 Å². The molecule has 0 aliphatic carbocycles. The first-order valence-corrected chi connectivity index (χ1v) is 7.70. The first kappa shape index (κ1) is 16.6. The molecule has 0 aliphatic rings. The fraction of sp³-hybridized carbons (Fsp3) is 0.600. The zero-order valence-electron chi connectivity index (χ0n) is 11.7. The predicted molar refractivity (Wildman–Crippen MR) is 83.5 cm³/mol. The fourth-order valence-corrected chi connectivity index (χ4v) is 2.51. The summed E-state index contributed by atoms with van der Waals surface area (Å²) in [5.41, 5.74) is 7.01. The summed E-state index contributed by atoms with van der Waals surface area (Å²) < 4.78 is 5.73. The lowest BCUT2D eigenvalue weighted by molar-refractivity contribution is 0.314. The molecule has 1 aromatic carbocycles. The van der Waals surface area contributed by atoms with Crippen molar-refractivity contribution >= 4 is 23.2 Å². The average molecular weight is 304 g/mol. The van der Waals surface area contributed by atoms with Gasteiger partial charge in [0.05, 0.1) is 11.6 Å². The highest BCUT2D eigenvalue weighted by molar-refractivity contribution is 6.35. The molecule has 19 heavy (non-hydrogen) atoms. The van der Waals surface area contributed by atoms with Crippen molar-refractivity contribution < 1.29 is 4.74 Å². The Morgan fingerprint density at radius 2 is 2.00 bits per heavy atom. The molecule has 1 unspecified atom stereocenters. The molecule has 4 heteroatoms. The first-order chi connectivity index (χ1) is 9.08. The van der Waals surface area contributed by atoms with Crippen molar-refractivity contribution in [2.75, 3.05) is 6.61 Å². The summed E-state index contributed by atoms with van der Waals surface area (Å²) in [6.45, 7) is 4.85. The molecule has 0 aromatic heterocycles. The van der Waals surface area contributed by atoms with Gasteiger partial charge in [-0.2, -0.15) is 0 Å². The van der Waals surface area contributed by atoms with E-state index in [2.05, 4.69) is 13.8 Å². The minimum atomic E-state index is 0.273. The number of rotatable bonds is 8.